The molecule has 0 aliphatic heterocycles. The average Bonchev–Trinajstić information content (AvgIpc) is 2.89. The Kier molecular flexibility index (Phi) is 10.9. The number of esters is 1. The van der Waals surface area contributed by atoms with Crippen molar-refractivity contribution in [2.75, 3.05) is 26.3 Å². The molecule has 3 rings (SSSR count). The zero-order chi connectivity index (χ0) is 28.4. The van der Waals surface area contributed by atoms with E-state index in [9.17, 15) is 14.0 Å². The first-order valence-corrected chi connectivity index (χ1v) is 13.4. The highest BCUT2D eigenvalue weighted by atomic mass is 19.1. The Morgan fingerprint density at radius 1 is 0.923 bits per heavy atom. The fourth-order valence-corrected chi connectivity index (χ4v) is 4.55. The van der Waals surface area contributed by atoms with Crippen LogP contribution in [0.3, 0.4) is 0 Å². The molecule has 39 heavy (non-hydrogen) atoms. The second kappa shape index (κ2) is 14.3. The highest BCUT2D eigenvalue weighted by molar-refractivity contribution is 5.73. The lowest BCUT2D eigenvalue weighted by molar-refractivity contribution is -0.143. The van der Waals surface area contributed by atoms with Crippen LogP contribution in [0.2, 0.25) is 0 Å². The van der Waals surface area contributed by atoms with Crippen LogP contribution in [0.15, 0.2) is 54.6 Å². The third-order valence-corrected chi connectivity index (χ3v) is 6.51. The highest BCUT2D eigenvalue weighted by Gasteiger charge is 2.12. The molecule has 0 atom stereocenters. The van der Waals surface area contributed by atoms with Crippen molar-refractivity contribution in [3.63, 3.8) is 0 Å². The predicted molar refractivity (Wildman–Crippen MR) is 150 cm³/mol. The summed E-state index contributed by atoms with van der Waals surface area (Å²) in [6.45, 7) is 11.6. The molecule has 0 aliphatic carbocycles. The number of carbonyl (C=O) groups excluding carboxylic acids is 2. The van der Waals surface area contributed by atoms with E-state index in [0.717, 1.165) is 33.6 Å². The number of nitrogens with zero attached hydrogens (tertiary/aromatic N) is 1. The Morgan fingerprint density at radius 3 is 2.31 bits per heavy atom. The van der Waals surface area contributed by atoms with E-state index < -0.39 is 5.82 Å². The summed E-state index contributed by atoms with van der Waals surface area (Å²) in [6.07, 6.45) is 0.423. The van der Waals surface area contributed by atoms with Crippen LogP contribution in [-0.2, 0) is 27.4 Å². The van der Waals surface area contributed by atoms with Gasteiger partial charge in [0.05, 0.1) is 13.2 Å². The van der Waals surface area contributed by atoms with Crippen molar-refractivity contribution in [2.24, 2.45) is 0 Å². The first-order valence-electron chi connectivity index (χ1n) is 13.4. The van der Waals surface area contributed by atoms with Gasteiger partial charge in [0, 0.05) is 26.0 Å². The lowest BCUT2D eigenvalue weighted by atomic mass is 9.94. The molecule has 7 heteroatoms. The van der Waals surface area contributed by atoms with Gasteiger partial charge in [0.2, 0.25) is 5.91 Å². The molecule has 6 nitrogen and oxygen atoms in total. The van der Waals surface area contributed by atoms with Gasteiger partial charge in [-0.25, -0.2) is 4.39 Å². The van der Waals surface area contributed by atoms with Crippen molar-refractivity contribution in [3.05, 3.63) is 82.7 Å². The maximum atomic E-state index is 14.5. The van der Waals surface area contributed by atoms with Crippen molar-refractivity contribution >= 4 is 11.9 Å². The zero-order valence-electron chi connectivity index (χ0n) is 23.5. The van der Waals surface area contributed by atoms with Gasteiger partial charge in [0.15, 0.2) is 0 Å². The monoisotopic (exact) mass is 535 g/mol. The van der Waals surface area contributed by atoms with E-state index in [1.165, 1.54) is 6.07 Å². The number of halogens is 1. The SMILES string of the molecule is CCOC(=O)CCc1ccc(OCc2cccc(-c3c(C)cc(OCCN(CC)C(C)=O)cc3C)c2)cc1F. The van der Waals surface area contributed by atoms with Crippen LogP contribution in [0.4, 0.5) is 4.39 Å². The number of likely N-dealkylation sites (N-methyl/N-ethyl adjacent to an activating group) is 1. The minimum atomic E-state index is -0.400. The highest BCUT2D eigenvalue weighted by Crippen LogP contribution is 2.32. The Bertz CT molecular complexity index is 1270. The number of hydrogen-bond donors (Lipinski definition) is 0. The molecule has 0 heterocycles. The molecule has 0 N–H and O–H groups in total. The topological polar surface area (TPSA) is 65.1 Å². The average molecular weight is 536 g/mol. The van der Waals surface area contributed by atoms with Crippen molar-refractivity contribution in [1.82, 2.24) is 4.90 Å². The molecule has 0 aliphatic rings. The Labute approximate surface area is 230 Å². The summed E-state index contributed by atoms with van der Waals surface area (Å²) < 4.78 is 31.3. The van der Waals surface area contributed by atoms with Gasteiger partial charge >= 0.3 is 5.97 Å². The van der Waals surface area contributed by atoms with E-state index in [-0.39, 0.29) is 24.7 Å². The van der Waals surface area contributed by atoms with Gasteiger partial charge in [-0.1, -0.05) is 24.3 Å². The molecule has 0 saturated heterocycles. The molecule has 0 saturated carbocycles. The summed E-state index contributed by atoms with van der Waals surface area (Å²) in [5.74, 6) is 0.514. The number of rotatable bonds is 13. The van der Waals surface area contributed by atoms with E-state index in [4.69, 9.17) is 14.2 Å². The van der Waals surface area contributed by atoms with Crippen LogP contribution in [0.1, 0.15) is 49.4 Å². The molecule has 0 unspecified atom stereocenters. The molecule has 0 spiro atoms. The minimum absolute atomic E-state index is 0.0425. The standard InChI is InChI=1S/C32H38FNO5/c1-6-34(24(5)35)15-16-38-29-17-22(3)32(23(4)18-29)27-10-8-9-25(19-27)21-39-28-13-11-26(30(33)20-28)12-14-31(36)37-7-2/h8-11,13,17-20H,6-7,12,14-16,21H2,1-5H3. The molecular formula is C32H38FNO5. The smallest absolute Gasteiger partial charge is 0.306 e. The molecule has 3 aromatic rings. The lowest BCUT2D eigenvalue weighted by Gasteiger charge is -2.20. The van der Waals surface area contributed by atoms with Crippen LogP contribution in [0.25, 0.3) is 11.1 Å². The van der Waals surface area contributed by atoms with Gasteiger partial charge in [0.1, 0.15) is 30.5 Å². The lowest BCUT2D eigenvalue weighted by Crippen LogP contribution is -2.32. The molecule has 0 aromatic heterocycles. The fraction of sp³-hybridized carbons (Fsp3) is 0.375. The number of ether oxygens (including phenoxy) is 3. The van der Waals surface area contributed by atoms with E-state index in [1.807, 2.05) is 31.2 Å². The normalized spacial score (nSPS) is 10.7. The Hall–Kier alpha value is -3.87. The number of benzene rings is 3. The largest absolute Gasteiger partial charge is 0.492 e. The van der Waals surface area contributed by atoms with Crippen LogP contribution in [-0.4, -0.2) is 43.1 Å². The molecule has 0 bridgehead atoms. The van der Waals surface area contributed by atoms with Crippen molar-refractivity contribution in [2.45, 2.75) is 54.1 Å². The van der Waals surface area contributed by atoms with Crippen LogP contribution in [0.5, 0.6) is 11.5 Å². The van der Waals surface area contributed by atoms with Crippen molar-refractivity contribution in [3.8, 4) is 22.6 Å². The first kappa shape index (κ1) is 29.7. The summed E-state index contributed by atoms with van der Waals surface area (Å²) in [6, 6.07) is 16.8. The third kappa shape index (κ3) is 8.57. The van der Waals surface area contributed by atoms with E-state index in [0.29, 0.717) is 44.2 Å². The Balaban J connectivity index is 1.64. The summed E-state index contributed by atoms with van der Waals surface area (Å²) in [5, 5.41) is 0. The Morgan fingerprint density at radius 2 is 1.67 bits per heavy atom. The van der Waals surface area contributed by atoms with E-state index in [2.05, 4.69) is 26.0 Å². The molecular weight excluding hydrogens is 497 g/mol. The summed E-state index contributed by atoms with van der Waals surface area (Å²) in [4.78, 5) is 24.9. The van der Waals surface area contributed by atoms with Crippen LogP contribution >= 0.6 is 0 Å². The van der Waals surface area contributed by atoms with Gasteiger partial charge in [-0.3, -0.25) is 9.59 Å². The zero-order valence-corrected chi connectivity index (χ0v) is 23.5. The minimum Gasteiger partial charge on any atom is -0.492 e. The molecule has 3 aromatic carbocycles. The quantitative estimate of drug-likeness (QED) is 0.236. The van der Waals surface area contributed by atoms with Gasteiger partial charge in [0.25, 0.3) is 0 Å². The fourth-order valence-electron chi connectivity index (χ4n) is 4.55. The van der Waals surface area contributed by atoms with Crippen molar-refractivity contribution < 1.29 is 28.2 Å². The van der Waals surface area contributed by atoms with E-state index >= 15 is 0 Å². The maximum absolute atomic E-state index is 14.5. The van der Waals surface area contributed by atoms with Gasteiger partial charge in [-0.2, -0.15) is 0 Å². The number of aryl methyl sites for hydroxylation is 3. The molecule has 1 amide bonds. The summed E-state index contributed by atoms with van der Waals surface area (Å²) in [7, 11) is 0. The number of amides is 1. The number of carbonyl (C=O) groups is 2. The van der Waals surface area contributed by atoms with Crippen LogP contribution < -0.4 is 9.47 Å². The second-order valence-electron chi connectivity index (χ2n) is 9.43. The summed E-state index contributed by atoms with van der Waals surface area (Å²) in [5.41, 5.74) is 5.77. The van der Waals surface area contributed by atoms with Crippen LogP contribution in [0, 0.1) is 19.7 Å². The first-order chi connectivity index (χ1) is 18.7. The van der Waals surface area contributed by atoms with Gasteiger partial charge in [-0.05, 0) is 91.8 Å². The van der Waals surface area contributed by atoms with Crippen molar-refractivity contribution in [1.29, 1.82) is 0 Å². The molecule has 0 fully saturated rings. The predicted octanol–water partition coefficient (Wildman–Crippen LogP) is 6.43. The maximum Gasteiger partial charge on any atom is 0.306 e. The second-order valence-corrected chi connectivity index (χ2v) is 9.43. The molecule has 208 valence electrons. The van der Waals surface area contributed by atoms with E-state index in [1.54, 1.807) is 30.9 Å². The third-order valence-electron chi connectivity index (χ3n) is 6.51. The molecule has 0 radical (unpaired) electrons. The van der Waals surface area contributed by atoms with Gasteiger partial charge in [-0.15, -0.1) is 0 Å². The van der Waals surface area contributed by atoms with Gasteiger partial charge < -0.3 is 19.1 Å². The number of hydrogen-bond acceptors (Lipinski definition) is 5. The summed E-state index contributed by atoms with van der Waals surface area (Å²) >= 11 is 0.